The third-order valence-corrected chi connectivity index (χ3v) is 3.16. The van der Waals surface area contributed by atoms with Gasteiger partial charge in [-0.2, -0.15) is 0 Å². The quantitative estimate of drug-likeness (QED) is 0.802. The highest BCUT2D eigenvalue weighted by atomic mass is 16.5. The molecule has 0 spiro atoms. The highest BCUT2D eigenvalue weighted by molar-refractivity contribution is 5.76. The van der Waals surface area contributed by atoms with Gasteiger partial charge in [0.05, 0.1) is 19.1 Å². The largest absolute Gasteiger partial charge is 0.493 e. The molecule has 21 heavy (non-hydrogen) atoms. The molecule has 0 aliphatic heterocycles. The van der Waals surface area contributed by atoms with Crippen molar-refractivity contribution in [2.45, 2.75) is 19.4 Å². The van der Waals surface area contributed by atoms with E-state index in [1.54, 1.807) is 24.3 Å². The third kappa shape index (κ3) is 4.84. The fraction of sp³-hybridized carbons (Fsp3) is 0.235. The number of amides is 1. The first-order valence-electron chi connectivity index (χ1n) is 6.98. The van der Waals surface area contributed by atoms with Crippen LogP contribution in [-0.2, 0) is 4.79 Å². The number of nitrogens with one attached hydrogen (secondary N) is 1. The van der Waals surface area contributed by atoms with Gasteiger partial charge in [-0.15, -0.1) is 0 Å². The van der Waals surface area contributed by atoms with Crippen LogP contribution in [0.1, 0.15) is 24.9 Å². The van der Waals surface area contributed by atoms with E-state index >= 15 is 0 Å². The minimum absolute atomic E-state index is 0.00442. The van der Waals surface area contributed by atoms with E-state index < -0.39 is 0 Å². The van der Waals surface area contributed by atoms with Crippen molar-refractivity contribution in [1.29, 1.82) is 0 Å². The molecule has 1 unspecified atom stereocenters. The fourth-order valence-corrected chi connectivity index (χ4v) is 1.96. The monoisotopic (exact) mass is 284 g/mol. The Morgan fingerprint density at radius 2 is 1.81 bits per heavy atom. The lowest BCUT2D eigenvalue weighted by Gasteiger charge is -2.14. The predicted octanol–water partition coefficient (Wildman–Crippen LogP) is 2.92. The normalized spacial score (nSPS) is 11.7. The summed E-state index contributed by atoms with van der Waals surface area (Å²) >= 11 is 0. The topological polar surface area (TPSA) is 64.3 Å². The van der Waals surface area contributed by atoms with Crippen LogP contribution in [0.5, 0.6) is 5.75 Å². The Balaban J connectivity index is 1.73. The molecule has 0 fully saturated rings. The van der Waals surface area contributed by atoms with Crippen molar-refractivity contribution in [2.75, 3.05) is 12.3 Å². The zero-order chi connectivity index (χ0) is 15.1. The van der Waals surface area contributed by atoms with Gasteiger partial charge in [-0.1, -0.05) is 30.3 Å². The van der Waals surface area contributed by atoms with Gasteiger partial charge in [-0.05, 0) is 36.8 Å². The van der Waals surface area contributed by atoms with Crippen LogP contribution in [0.25, 0.3) is 0 Å². The molecule has 0 aliphatic carbocycles. The van der Waals surface area contributed by atoms with E-state index in [-0.39, 0.29) is 11.9 Å². The lowest BCUT2D eigenvalue weighted by atomic mass is 10.1. The second kappa shape index (κ2) is 7.33. The van der Waals surface area contributed by atoms with E-state index in [1.807, 2.05) is 37.3 Å². The van der Waals surface area contributed by atoms with Gasteiger partial charge in [0.2, 0.25) is 5.91 Å². The number of nitrogens with two attached hydrogens (primary N) is 1. The zero-order valence-corrected chi connectivity index (χ0v) is 12.1. The van der Waals surface area contributed by atoms with E-state index in [9.17, 15) is 4.79 Å². The summed E-state index contributed by atoms with van der Waals surface area (Å²) in [6, 6.07) is 17.0. The van der Waals surface area contributed by atoms with E-state index in [2.05, 4.69) is 5.32 Å². The van der Waals surface area contributed by atoms with Crippen molar-refractivity contribution in [3.05, 3.63) is 60.2 Å². The smallest absolute Gasteiger partial charge is 0.223 e. The maximum absolute atomic E-state index is 11.9. The summed E-state index contributed by atoms with van der Waals surface area (Å²) in [5.74, 6) is 0.690. The van der Waals surface area contributed by atoms with Crippen molar-refractivity contribution in [3.63, 3.8) is 0 Å². The van der Waals surface area contributed by atoms with Gasteiger partial charge in [-0.3, -0.25) is 4.79 Å². The molecule has 0 heterocycles. The summed E-state index contributed by atoms with van der Waals surface area (Å²) in [5, 5.41) is 2.95. The Morgan fingerprint density at radius 1 is 1.14 bits per heavy atom. The highest BCUT2D eigenvalue weighted by Gasteiger charge is 2.09. The molecule has 0 saturated heterocycles. The number of hydrogen-bond donors (Lipinski definition) is 2. The highest BCUT2D eigenvalue weighted by Crippen LogP contribution is 2.14. The molecule has 4 nitrogen and oxygen atoms in total. The van der Waals surface area contributed by atoms with Crippen molar-refractivity contribution in [1.82, 2.24) is 5.32 Å². The Kier molecular flexibility index (Phi) is 5.21. The maximum atomic E-state index is 11.9. The van der Waals surface area contributed by atoms with Crippen LogP contribution in [0.3, 0.4) is 0 Å². The van der Waals surface area contributed by atoms with E-state index in [0.717, 1.165) is 5.56 Å². The summed E-state index contributed by atoms with van der Waals surface area (Å²) in [6.45, 7) is 2.31. The van der Waals surface area contributed by atoms with Crippen molar-refractivity contribution in [3.8, 4) is 5.75 Å². The number of nitrogen functional groups attached to an aromatic ring is 1. The zero-order valence-electron chi connectivity index (χ0n) is 12.1. The standard InChI is InChI=1S/C17H20N2O2/c1-13(14-5-3-2-4-6-14)19-17(20)11-12-21-16-9-7-15(18)8-10-16/h2-10,13H,11-12,18H2,1H3,(H,19,20). The van der Waals surface area contributed by atoms with Gasteiger partial charge in [-0.25, -0.2) is 0 Å². The molecule has 0 aromatic heterocycles. The Hall–Kier alpha value is -2.49. The van der Waals surface area contributed by atoms with Gasteiger partial charge in [0.1, 0.15) is 5.75 Å². The first-order chi connectivity index (χ1) is 10.1. The molecule has 0 radical (unpaired) electrons. The molecule has 0 saturated carbocycles. The van der Waals surface area contributed by atoms with Gasteiger partial charge >= 0.3 is 0 Å². The minimum atomic E-state index is -0.0261. The number of anilines is 1. The summed E-state index contributed by atoms with van der Waals surface area (Å²) < 4.78 is 5.50. The Labute approximate surface area is 124 Å². The number of ether oxygens (including phenoxy) is 1. The molecular weight excluding hydrogens is 264 g/mol. The SMILES string of the molecule is CC(NC(=O)CCOc1ccc(N)cc1)c1ccccc1. The van der Waals surface area contributed by atoms with E-state index in [1.165, 1.54) is 0 Å². The molecule has 4 heteroatoms. The van der Waals surface area contributed by atoms with Crippen LogP contribution in [-0.4, -0.2) is 12.5 Å². The minimum Gasteiger partial charge on any atom is -0.493 e. The van der Waals surface area contributed by atoms with Gasteiger partial charge < -0.3 is 15.8 Å². The first-order valence-corrected chi connectivity index (χ1v) is 6.98. The second-order valence-corrected chi connectivity index (χ2v) is 4.87. The van der Waals surface area contributed by atoms with Crippen molar-refractivity contribution in [2.24, 2.45) is 0 Å². The average Bonchev–Trinajstić information content (AvgIpc) is 2.50. The Bertz CT molecular complexity index is 567. The molecule has 2 aromatic rings. The maximum Gasteiger partial charge on any atom is 0.223 e. The van der Waals surface area contributed by atoms with Crippen LogP contribution >= 0.6 is 0 Å². The van der Waals surface area contributed by atoms with E-state index in [0.29, 0.717) is 24.5 Å². The summed E-state index contributed by atoms with van der Waals surface area (Å²) in [7, 11) is 0. The molecule has 3 N–H and O–H groups in total. The number of benzene rings is 2. The van der Waals surface area contributed by atoms with Crippen molar-refractivity contribution >= 4 is 11.6 Å². The molecular formula is C17H20N2O2. The predicted molar refractivity (Wildman–Crippen MR) is 84.0 cm³/mol. The molecule has 0 aliphatic rings. The first kappa shape index (κ1) is 14.9. The number of carbonyl (C=O) groups is 1. The third-order valence-electron chi connectivity index (χ3n) is 3.16. The van der Waals surface area contributed by atoms with Crippen LogP contribution in [0, 0.1) is 0 Å². The van der Waals surface area contributed by atoms with Crippen LogP contribution in [0.15, 0.2) is 54.6 Å². The number of carbonyl (C=O) groups excluding carboxylic acids is 1. The Morgan fingerprint density at radius 3 is 2.48 bits per heavy atom. The molecule has 2 rings (SSSR count). The fourth-order valence-electron chi connectivity index (χ4n) is 1.96. The second-order valence-electron chi connectivity index (χ2n) is 4.87. The van der Waals surface area contributed by atoms with Gasteiger partial charge in [0.25, 0.3) is 0 Å². The van der Waals surface area contributed by atoms with Gasteiger partial charge in [0.15, 0.2) is 0 Å². The molecule has 1 atom stereocenters. The molecule has 2 aromatic carbocycles. The summed E-state index contributed by atoms with van der Waals surface area (Å²) in [5.41, 5.74) is 7.37. The lowest BCUT2D eigenvalue weighted by molar-refractivity contribution is -0.122. The molecule has 1 amide bonds. The number of hydrogen-bond acceptors (Lipinski definition) is 3. The lowest BCUT2D eigenvalue weighted by Crippen LogP contribution is -2.27. The number of rotatable bonds is 6. The van der Waals surface area contributed by atoms with Crippen LogP contribution in [0.2, 0.25) is 0 Å². The molecule has 110 valence electrons. The van der Waals surface area contributed by atoms with Crippen molar-refractivity contribution < 1.29 is 9.53 Å². The van der Waals surface area contributed by atoms with Crippen LogP contribution in [0.4, 0.5) is 5.69 Å². The molecule has 0 bridgehead atoms. The summed E-state index contributed by atoms with van der Waals surface area (Å²) in [6.07, 6.45) is 0.321. The van der Waals surface area contributed by atoms with Crippen LogP contribution < -0.4 is 15.8 Å². The van der Waals surface area contributed by atoms with Gasteiger partial charge in [0, 0.05) is 5.69 Å². The average molecular weight is 284 g/mol. The summed E-state index contributed by atoms with van der Waals surface area (Å²) in [4.78, 5) is 11.9. The van der Waals surface area contributed by atoms with E-state index in [4.69, 9.17) is 10.5 Å².